The van der Waals surface area contributed by atoms with Gasteiger partial charge in [0.15, 0.2) is 11.5 Å². The molecule has 1 atom stereocenters. The molecule has 9 heteroatoms. The van der Waals surface area contributed by atoms with Crippen LogP contribution in [0, 0.1) is 0 Å². The minimum Gasteiger partial charge on any atom is -0.486 e. The number of nitrogens with zero attached hydrogens (tertiary/aromatic N) is 2. The molecule has 1 aromatic carbocycles. The van der Waals surface area contributed by atoms with Gasteiger partial charge < -0.3 is 9.47 Å². The Morgan fingerprint density at radius 2 is 2.08 bits per heavy atom. The van der Waals surface area contributed by atoms with Gasteiger partial charge >= 0.3 is 0 Å². The highest BCUT2D eigenvalue weighted by Gasteiger charge is 2.22. The average Bonchev–Trinajstić information content (AvgIpc) is 3.36. The molecule has 3 heterocycles. The normalized spacial score (nSPS) is 14.9. The molecule has 1 N–H and O–H groups in total. The van der Waals surface area contributed by atoms with Crippen LogP contribution >= 0.6 is 11.3 Å². The van der Waals surface area contributed by atoms with Gasteiger partial charge in [-0.1, -0.05) is 0 Å². The summed E-state index contributed by atoms with van der Waals surface area (Å²) >= 11 is 1.56. The van der Waals surface area contributed by atoms with E-state index in [0.717, 1.165) is 5.56 Å². The SMILES string of the molecule is O=S(=O)(NCC(c1ccsc1)n1cccn1)c1ccc2c(c1)OCCO2. The third kappa shape index (κ3) is 3.46. The molecule has 136 valence electrons. The van der Waals surface area contributed by atoms with Gasteiger partial charge in [-0.25, -0.2) is 13.1 Å². The fourth-order valence-corrected chi connectivity index (χ4v) is 4.52. The van der Waals surface area contributed by atoms with Crippen molar-refractivity contribution in [3.05, 3.63) is 59.0 Å². The van der Waals surface area contributed by atoms with E-state index < -0.39 is 10.0 Å². The molecule has 1 aliphatic rings. The van der Waals surface area contributed by atoms with Crippen molar-refractivity contribution < 1.29 is 17.9 Å². The largest absolute Gasteiger partial charge is 0.486 e. The summed E-state index contributed by atoms with van der Waals surface area (Å²) in [5, 5.41) is 8.20. The van der Waals surface area contributed by atoms with E-state index in [1.165, 1.54) is 12.1 Å². The lowest BCUT2D eigenvalue weighted by molar-refractivity contribution is 0.171. The Labute approximate surface area is 155 Å². The second-order valence-electron chi connectivity index (χ2n) is 5.72. The van der Waals surface area contributed by atoms with Gasteiger partial charge in [-0.05, 0) is 40.6 Å². The number of benzene rings is 1. The monoisotopic (exact) mass is 391 g/mol. The molecule has 0 radical (unpaired) electrons. The quantitative estimate of drug-likeness (QED) is 0.697. The second kappa shape index (κ2) is 7.10. The Morgan fingerprint density at radius 3 is 2.81 bits per heavy atom. The molecule has 1 unspecified atom stereocenters. The maximum Gasteiger partial charge on any atom is 0.240 e. The average molecular weight is 391 g/mol. The van der Waals surface area contributed by atoms with Crippen molar-refractivity contribution in [3.8, 4) is 11.5 Å². The van der Waals surface area contributed by atoms with Gasteiger partial charge in [-0.15, -0.1) is 0 Å². The van der Waals surface area contributed by atoms with E-state index in [1.807, 2.05) is 29.1 Å². The van der Waals surface area contributed by atoms with Crippen molar-refractivity contribution in [1.29, 1.82) is 0 Å². The summed E-state index contributed by atoms with van der Waals surface area (Å²) in [6.45, 7) is 1.06. The van der Waals surface area contributed by atoms with Crippen molar-refractivity contribution in [2.75, 3.05) is 19.8 Å². The summed E-state index contributed by atoms with van der Waals surface area (Å²) in [6, 6.07) is 8.19. The summed E-state index contributed by atoms with van der Waals surface area (Å²) in [5.74, 6) is 1.00. The Bertz CT molecular complexity index is 935. The van der Waals surface area contributed by atoms with Crippen LogP contribution < -0.4 is 14.2 Å². The number of rotatable bonds is 6. The van der Waals surface area contributed by atoms with Gasteiger partial charge in [0.2, 0.25) is 10.0 Å². The third-order valence-electron chi connectivity index (χ3n) is 4.06. The summed E-state index contributed by atoms with van der Waals surface area (Å²) < 4.78 is 40.8. The van der Waals surface area contributed by atoms with Gasteiger partial charge in [0.05, 0.1) is 10.9 Å². The highest BCUT2D eigenvalue weighted by Crippen LogP contribution is 2.32. The fraction of sp³-hybridized carbons (Fsp3) is 0.235. The lowest BCUT2D eigenvalue weighted by Crippen LogP contribution is -2.31. The van der Waals surface area contributed by atoms with E-state index in [9.17, 15) is 8.42 Å². The first-order chi connectivity index (χ1) is 12.6. The van der Waals surface area contributed by atoms with Gasteiger partial charge in [0.25, 0.3) is 0 Å². The number of sulfonamides is 1. The van der Waals surface area contributed by atoms with Gasteiger partial charge in [-0.2, -0.15) is 16.4 Å². The molecule has 7 nitrogen and oxygen atoms in total. The zero-order valence-corrected chi connectivity index (χ0v) is 15.4. The van der Waals surface area contributed by atoms with Crippen LogP contribution in [0.2, 0.25) is 0 Å². The van der Waals surface area contributed by atoms with E-state index in [0.29, 0.717) is 24.7 Å². The molecule has 0 saturated carbocycles. The van der Waals surface area contributed by atoms with Crippen molar-refractivity contribution in [2.24, 2.45) is 0 Å². The van der Waals surface area contributed by atoms with Gasteiger partial charge in [0, 0.05) is 25.0 Å². The summed E-state index contributed by atoms with van der Waals surface area (Å²) in [5.41, 5.74) is 1.00. The molecule has 2 aromatic heterocycles. The van der Waals surface area contributed by atoms with Crippen LogP contribution in [-0.4, -0.2) is 38.0 Å². The zero-order chi connectivity index (χ0) is 18.0. The maximum atomic E-state index is 12.7. The highest BCUT2D eigenvalue weighted by atomic mass is 32.2. The first-order valence-electron chi connectivity index (χ1n) is 8.04. The minimum absolute atomic E-state index is 0.145. The van der Waals surface area contributed by atoms with Crippen molar-refractivity contribution in [1.82, 2.24) is 14.5 Å². The fourth-order valence-electron chi connectivity index (χ4n) is 2.76. The summed E-state index contributed by atoms with van der Waals surface area (Å²) in [7, 11) is -3.69. The standard InChI is InChI=1S/C17H17N3O4S2/c21-26(22,14-2-3-16-17(10-14)24-8-7-23-16)19-11-15(13-4-9-25-12-13)20-6-1-5-18-20/h1-6,9-10,12,15,19H,7-8,11H2. The number of hydrogen-bond donors (Lipinski definition) is 1. The number of thiophene rings is 1. The number of hydrogen-bond acceptors (Lipinski definition) is 6. The van der Waals surface area contributed by atoms with Crippen LogP contribution in [0.15, 0.2) is 58.4 Å². The molecule has 0 aliphatic carbocycles. The molecule has 0 amide bonds. The molecule has 0 fully saturated rings. The minimum atomic E-state index is -3.69. The number of nitrogens with one attached hydrogen (secondary N) is 1. The van der Waals surface area contributed by atoms with Crippen LogP contribution in [0.5, 0.6) is 11.5 Å². The molecular weight excluding hydrogens is 374 g/mol. The van der Waals surface area contributed by atoms with Crippen LogP contribution in [0.1, 0.15) is 11.6 Å². The van der Waals surface area contributed by atoms with Gasteiger partial charge in [-0.3, -0.25) is 4.68 Å². The van der Waals surface area contributed by atoms with Crippen LogP contribution in [0.4, 0.5) is 0 Å². The Hall–Kier alpha value is -2.36. The molecule has 4 rings (SSSR count). The van der Waals surface area contributed by atoms with E-state index >= 15 is 0 Å². The van der Waals surface area contributed by atoms with Crippen LogP contribution in [0.25, 0.3) is 0 Å². The molecule has 26 heavy (non-hydrogen) atoms. The summed E-state index contributed by atoms with van der Waals surface area (Å²) in [6.07, 6.45) is 3.50. The van der Waals surface area contributed by atoms with E-state index in [4.69, 9.17) is 9.47 Å². The molecule has 0 saturated heterocycles. The first-order valence-corrected chi connectivity index (χ1v) is 10.5. The molecule has 3 aromatic rings. The molecular formula is C17H17N3O4S2. The van der Waals surface area contributed by atoms with Crippen molar-refractivity contribution >= 4 is 21.4 Å². The molecule has 0 bridgehead atoms. The smallest absolute Gasteiger partial charge is 0.240 e. The number of fused-ring (bicyclic) bond motifs is 1. The van der Waals surface area contributed by atoms with E-state index in [1.54, 1.807) is 28.3 Å². The summed E-state index contributed by atoms with van der Waals surface area (Å²) in [4.78, 5) is 0.145. The van der Waals surface area contributed by atoms with Gasteiger partial charge in [0.1, 0.15) is 13.2 Å². The van der Waals surface area contributed by atoms with E-state index in [2.05, 4.69) is 9.82 Å². The van der Waals surface area contributed by atoms with Crippen LogP contribution in [0.3, 0.4) is 0 Å². The van der Waals surface area contributed by atoms with Crippen molar-refractivity contribution in [3.63, 3.8) is 0 Å². The topological polar surface area (TPSA) is 82.5 Å². The number of aromatic nitrogens is 2. The lowest BCUT2D eigenvalue weighted by Gasteiger charge is -2.20. The maximum absolute atomic E-state index is 12.7. The Morgan fingerprint density at radius 1 is 1.23 bits per heavy atom. The second-order valence-corrected chi connectivity index (χ2v) is 8.26. The Balaban J connectivity index is 1.55. The molecule has 1 aliphatic heterocycles. The zero-order valence-electron chi connectivity index (χ0n) is 13.7. The third-order valence-corrected chi connectivity index (χ3v) is 6.19. The number of ether oxygens (including phenoxy) is 2. The van der Waals surface area contributed by atoms with Crippen LogP contribution in [-0.2, 0) is 10.0 Å². The Kier molecular flexibility index (Phi) is 4.66. The van der Waals surface area contributed by atoms with E-state index in [-0.39, 0.29) is 17.5 Å². The molecule has 0 spiro atoms. The van der Waals surface area contributed by atoms with Crippen molar-refractivity contribution in [2.45, 2.75) is 10.9 Å². The predicted octanol–water partition coefficient (Wildman–Crippen LogP) is 2.28. The first kappa shape index (κ1) is 17.1. The highest BCUT2D eigenvalue weighted by molar-refractivity contribution is 7.89. The predicted molar refractivity (Wildman–Crippen MR) is 97.3 cm³/mol. The lowest BCUT2D eigenvalue weighted by atomic mass is 10.1.